The molecule has 0 aliphatic carbocycles. The molecule has 1 amide bonds. The third-order valence-electron chi connectivity index (χ3n) is 5.49. The number of nitrogens with zero attached hydrogens (tertiary/aromatic N) is 3. The van der Waals surface area contributed by atoms with Gasteiger partial charge in [-0.25, -0.2) is 0 Å². The number of carbonyl (C=O) groups is 1. The first-order valence-corrected chi connectivity index (χ1v) is 12.1. The summed E-state index contributed by atoms with van der Waals surface area (Å²) in [5, 5.41) is 11.9. The van der Waals surface area contributed by atoms with Crippen LogP contribution in [0.25, 0.3) is 0 Å². The first-order valence-electron chi connectivity index (χ1n) is 10.2. The zero-order valence-electron chi connectivity index (χ0n) is 17.4. The van der Waals surface area contributed by atoms with Crippen molar-refractivity contribution in [2.24, 2.45) is 0 Å². The van der Waals surface area contributed by atoms with Crippen molar-refractivity contribution >= 4 is 31.8 Å². The fourth-order valence-electron chi connectivity index (χ4n) is 3.55. The van der Waals surface area contributed by atoms with Crippen LogP contribution in [0.3, 0.4) is 0 Å². The van der Waals surface area contributed by atoms with Crippen molar-refractivity contribution in [2.45, 2.75) is 12.8 Å². The molecule has 0 saturated carbocycles. The molecule has 0 spiro atoms. The maximum absolute atomic E-state index is 12.6. The van der Waals surface area contributed by atoms with E-state index in [1.807, 2.05) is 31.3 Å². The minimum absolute atomic E-state index is 0.111. The van der Waals surface area contributed by atoms with Crippen LogP contribution in [0.5, 0.6) is 0 Å². The van der Waals surface area contributed by atoms with Crippen LogP contribution < -0.4 is 9.30 Å². The fourth-order valence-corrected chi connectivity index (χ4v) is 4.47. The molecule has 0 aromatic heterocycles. The second-order valence-electron chi connectivity index (χ2n) is 7.43. The summed E-state index contributed by atoms with van der Waals surface area (Å²) in [6, 6.07) is 18.2. The van der Waals surface area contributed by atoms with Gasteiger partial charge in [0, 0.05) is 6.54 Å². The zero-order chi connectivity index (χ0) is 21.2. The fraction of sp³-hybridized carbons (Fsp3) is 0.409. The van der Waals surface area contributed by atoms with Gasteiger partial charge in [-0.05, 0) is 12.0 Å². The number of carbonyl (C=O) groups excluding carboxylic acids is 1. The summed E-state index contributed by atoms with van der Waals surface area (Å²) in [7, 11) is 1.81. The monoisotopic (exact) mass is 473 g/mol. The summed E-state index contributed by atoms with van der Waals surface area (Å²) in [5.41, 5.74) is 2.24. The molecule has 1 fully saturated rings. The molecule has 2 radical (unpaired) electrons. The van der Waals surface area contributed by atoms with E-state index in [4.69, 9.17) is 5.26 Å². The summed E-state index contributed by atoms with van der Waals surface area (Å²) in [4.78, 5) is 19.2. The van der Waals surface area contributed by atoms with E-state index in [9.17, 15) is 4.79 Å². The Morgan fingerprint density at radius 1 is 1.00 bits per heavy atom. The van der Waals surface area contributed by atoms with Crippen LogP contribution in [0.2, 0.25) is 0 Å². The summed E-state index contributed by atoms with van der Waals surface area (Å²) < 4.78 is 5.58. The minimum atomic E-state index is -0.980. The Hall–Kier alpha value is -1.75. The van der Waals surface area contributed by atoms with Gasteiger partial charge in [0.1, 0.15) is 0 Å². The normalized spacial score (nSPS) is 15.3. The first-order chi connectivity index (χ1) is 14.7. The molecule has 1 N–H and O–H groups in total. The molecule has 2 aromatic carbocycles. The molecular weight excluding hydrogens is 443 g/mol. The second kappa shape index (κ2) is 12.2. The van der Waals surface area contributed by atoms with Crippen LogP contribution in [0, 0.1) is 0 Å². The van der Waals surface area contributed by atoms with Gasteiger partial charge in [-0.1, -0.05) is 30.3 Å². The van der Waals surface area contributed by atoms with E-state index in [1.165, 1.54) is 5.56 Å². The van der Waals surface area contributed by atoms with E-state index >= 15 is 0 Å². The van der Waals surface area contributed by atoms with Crippen molar-refractivity contribution in [2.75, 3.05) is 51.2 Å². The molecule has 1 saturated heterocycles. The van der Waals surface area contributed by atoms with Gasteiger partial charge in [0.05, 0.1) is 0 Å². The third-order valence-corrected chi connectivity index (χ3v) is 7.02. The molecule has 7 nitrogen and oxygen atoms in total. The molecule has 3 rings (SSSR count). The number of anilines is 1. The van der Waals surface area contributed by atoms with Crippen LogP contribution >= 0.6 is 0 Å². The van der Waals surface area contributed by atoms with Crippen LogP contribution in [-0.4, -0.2) is 83.0 Å². The molecule has 0 unspecified atom stereocenters. The Kier molecular flexibility index (Phi) is 9.32. The van der Waals surface area contributed by atoms with E-state index in [2.05, 4.69) is 49.1 Å². The van der Waals surface area contributed by atoms with Gasteiger partial charge < -0.3 is 0 Å². The average Bonchev–Trinajstić information content (AvgIpc) is 2.81. The van der Waals surface area contributed by atoms with Gasteiger partial charge in [-0.3, -0.25) is 0 Å². The number of piperazine rings is 1. The number of rotatable bonds is 10. The van der Waals surface area contributed by atoms with Crippen LogP contribution in [0.4, 0.5) is 5.69 Å². The molecule has 0 bridgehead atoms. The zero-order valence-corrected chi connectivity index (χ0v) is 19.5. The molecule has 1 heterocycles. The van der Waals surface area contributed by atoms with E-state index in [0.717, 1.165) is 55.8 Å². The summed E-state index contributed by atoms with van der Waals surface area (Å²) in [6.45, 7) is 6.02. The number of amides is 1. The van der Waals surface area contributed by atoms with Crippen LogP contribution in [0.15, 0.2) is 54.6 Å². The molecule has 0 atom stereocenters. The quantitative estimate of drug-likeness (QED) is 0.322. The molecule has 2 aromatic rings. The second-order valence-corrected chi connectivity index (χ2v) is 9.42. The number of hydrogen-bond donors (Lipinski definition) is 1. The first kappa shape index (κ1) is 22.9. The van der Waals surface area contributed by atoms with E-state index < -0.39 is 15.8 Å². The third kappa shape index (κ3) is 7.19. The SMILES string of the molecule is CN(C(=O)CCN1CCN(CCc2ccccc2)CC1)c1cc[c]([Ge][O]OO)cc1. The van der Waals surface area contributed by atoms with Crippen molar-refractivity contribution in [3.63, 3.8) is 0 Å². The maximum atomic E-state index is 12.6. The van der Waals surface area contributed by atoms with Gasteiger partial charge in [-0.2, -0.15) is 0 Å². The van der Waals surface area contributed by atoms with E-state index in [0.29, 0.717) is 6.42 Å². The van der Waals surface area contributed by atoms with Gasteiger partial charge in [0.15, 0.2) is 0 Å². The van der Waals surface area contributed by atoms with E-state index in [-0.39, 0.29) is 5.91 Å². The van der Waals surface area contributed by atoms with Crippen molar-refractivity contribution in [3.8, 4) is 0 Å². The standard InChI is InChI=1S/C22H29GeN3O4/c1-24(21-9-7-20(8-10-21)23-29-30-28)22(27)12-14-26-17-15-25(16-18-26)13-11-19-5-3-2-4-6-19/h2-10,28H,11-18H2,1H3. The van der Waals surface area contributed by atoms with E-state index in [1.54, 1.807) is 4.90 Å². The predicted octanol–water partition coefficient (Wildman–Crippen LogP) is 1.57. The molecule has 8 heteroatoms. The number of benzene rings is 2. The summed E-state index contributed by atoms with van der Waals surface area (Å²) >= 11 is -0.980. The van der Waals surface area contributed by atoms with Gasteiger partial charge in [-0.15, -0.1) is 0 Å². The van der Waals surface area contributed by atoms with Crippen LogP contribution in [0.1, 0.15) is 12.0 Å². The van der Waals surface area contributed by atoms with Gasteiger partial charge in [0.25, 0.3) is 0 Å². The topological polar surface area (TPSA) is 65.5 Å². The summed E-state index contributed by atoms with van der Waals surface area (Å²) in [6.07, 6.45) is 1.60. The van der Waals surface area contributed by atoms with Crippen molar-refractivity contribution in [1.29, 1.82) is 0 Å². The summed E-state index contributed by atoms with van der Waals surface area (Å²) in [5.74, 6) is 0.111. The molecule has 30 heavy (non-hydrogen) atoms. The van der Waals surface area contributed by atoms with Gasteiger partial charge in [0.2, 0.25) is 0 Å². The van der Waals surface area contributed by atoms with Crippen molar-refractivity contribution < 1.29 is 19.0 Å². The Morgan fingerprint density at radius 3 is 2.27 bits per heavy atom. The Bertz CT molecular complexity index is 768. The Labute approximate surface area is 184 Å². The molecule has 160 valence electrons. The molecule has 1 aliphatic rings. The van der Waals surface area contributed by atoms with Crippen molar-refractivity contribution in [3.05, 3.63) is 60.2 Å². The Balaban J connectivity index is 1.35. The number of hydrogen-bond acceptors (Lipinski definition) is 6. The Morgan fingerprint density at radius 2 is 1.63 bits per heavy atom. The predicted molar refractivity (Wildman–Crippen MR) is 118 cm³/mol. The van der Waals surface area contributed by atoms with Gasteiger partial charge >= 0.3 is 136 Å². The molecular formula is C22H29GeN3O4. The van der Waals surface area contributed by atoms with Crippen LogP contribution in [-0.2, 0) is 20.2 Å². The van der Waals surface area contributed by atoms with Crippen molar-refractivity contribution in [1.82, 2.24) is 9.80 Å². The average molecular weight is 472 g/mol. The molecule has 1 aliphatic heterocycles.